The van der Waals surface area contributed by atoms with E-state index in [0.29, 0.717) is 17.0 Å². The normalized spacial score (nSPS) is 12.2. The third-order valence-electron chi connectivity index (χ3n) is 2.42. The third-order valence-corrected chi connectivity index (χ3v) is 3.06. The van der Waals surface area contributed by atoms with Gasteiger partial charge in [0.2, 0.25) is 0 Å². The van der Waals surface area contributed by atoms with Crippen LogP contribution in [-0.2, 0) is 0 Å². The van der Waals surface area contributed by atoms with Crippen LogP contribution in [-0.4, -0.2) is 22.2 Å². The molecule has 1 unspecified atom stereocenters. The Bertz CT molecular complexity index is 546. The minimum atomic E-state index is -0.904. The van der Waals surface area contributed by atoms with Gasteiger partial charge in [0.05, 0.1) is 19.0 Å². The number of hydrogen-bond donors (Lipinski definition) is 1. The zero-order valence-electron chi connectivity index (χ0n) is 9.47. The Morgan fingerprint density at radius 3 is 2.39 bits per heavy atom. The molecule has 0 radical (unpaired) electrons. The van der Waals surface area contributed by atoms with E-state index in [1.807, 2.05) is 0 Å². The van der Waals surface area contributed by atoms with E-state index in [1.54, 1.807) is 31.4 Å². The molecule has 1 aromatic carbocycles. The van der Waals surface area contributed by atoms with E-state index >= 15 is 0 Å². The molecule has 0 fully saturated rings. The molecule has 0 aliphatic carbocycles. The van der Waals surface area contributed by atoms with Crippen molar-refractivity contribution in [1.29, 1.82) is 0 Å². The molecule has 0 bridgehead atoms. The van der Waals surface area contributed by atoms with Gasteiger partial charge in [-0.15, -0.1) is 0 Å². The minimum Gasteiger partial charge on any atom is -0.497 e. The molecule has 6 heteroatoms. The molecule has 0 saturated carbocycles. The molecule has 0 aliphatic rings. The second-order valence-corrected chi connectivity index (χ2v) is 4.27. The zero-order chi connectivity index (χ0) is 13.1. The zero-order valence-corrected chi connectivity index (χ0v) is 11.0. The Labute approximate surface area is 114 Å². The first-order valence-electron chi connectivity index (χ1n) is 5.11. The average Bonchev–Trinajstić information content (AvgIpc) is 2.41. The molecular formula is C12H10Cl2N2O2. The molecule has 0 spiro atoms. The molecule has 1 atom stereocenters. The van der Waals surface area contributed by atoms with Crippen LogP contribution in [0.2, 0.25) is 10.3 Å². The van der Waals surface area contributed by atoms with Gasteiger partial charge in [0.15, 0.2) is 10.3 Å². The van der Waals surface area contributed by atoms with Gasteiger partial charge in [-0.25, -0.2) is 9.97 Å². The van der Waals surface area contributed by atoms with E-state index in [9.17, 15) is 5.11 Å². The van der Waals surface area contributed by atoms with Gasteiger partial charge in [-0.2, -0.15) is 0 Å². The van der Waals surface area contributed by atoms with E-state index in [4.69, 9.17) is 27.9 Å². The highest BCUT2D eigenvalue weighted by molar-refractivity contribution is 6.40. The number of rotatable bonds is 3. The maximum absolute atomic E-state index is 10.1. The lowest BCUT2D eigenvalue weighted by atomic mass is 10.1. The summed E-state index contributed by atoms with van der Waals surface area (Å²) in [5.74, 6) is 0.714. The highest BCUT2D eigenvalue weighted by Crippen LogP contribution is 2.25. The Balaban J connectivity index is 2.28. The first-order valence-corrected chi connectivity index (χ1v) is 5.87. The molecule has 18 heavy (non-hydrogen) atoms. The molecule has 4 nitrogen and oxygen atoms in total. The fourth-order valence-electron chi connectivity index (χ4n) is 1.45. The van der Waals surface area contributed by atoms with Crippen molar-refractivity contribution >= 4 is 23.2 Å². The largest absolute Gasteiger partial charge is 0.497 e. The van der Waals surface area contributed by atoms with Crippen molar-refractivity contribution < 1.29 is 9.84 Å². The number of aromatic nitrogens is 2. The Kier molecular flexibility index (Phi) is 4.01. The van der Waals surface area contributed by atoms with Gasteiger partial charge in [0.25, 0.3) is 0 Å². The predicted octanol–water partition coefficient (Wildman–Crippen LogP) is 2.87. The molecule has 2 rings (SSSR count). The van der Waals surface area contributed by atoms with Crippen LogP contribution in [0.4, 0.5) is 0 Å². The standard InChI is InChI=1S/C12H10Cl2N2O2/c1-18-8-4-2-7(3-5-8)10(17)9-6-15-11(13)12(14)16-9/h2-6,10,17H,1H3. The maximum Gasteiger partial charge on any atom is 0.166 e. The lowest BCUT2D eigenvalue weighted by Gasteiger charge is -2.11. The van der Waals surface area contributed by atoms with Crippen LogP contribution in [0, 0.1) is 0 Å². The summed E-state index contributed by atoms with van der Waals surface area (Å²) < 4.78 is 5.04. The highest BCUT2D eigenvalue weighted by Gasteiger charge is 2.14. The van der Waals surface area contributed by atoms with Crippen LogP contribution < -0.4 is 4.74 Å². The van der Waals surface area contributed by atoms with Gasteiger partial charge in [0, 0.05) is 0 Å². The van der Waals surface area contributed by atoms with E-state index in [2.05, 4.69) is 9.97 Å². The summed E-state index contributed by atoms with van der Waals surface area (Å²) in [6.45, 7) is 0. The Hall–Kier alpha value is -1.36. The van der Waals surface area contributed by atoms with Crippen LogP contribution in [0.5, 0.6) is 5.75 Å². The van der Waals surface area contributed by atoms with Gasteiger partial charge >= 0.3 is 0 Å². The second-order valence-electron chi connectivity index (χ2n) is 3.55. The Morgan fingerprint density at radius 1 is 1.17 bits per heavy atom. The highest BCUT2D eigenvalue weighted by atomic mass is 35.5. The number of hydrogen-bond acceptors (Lipinski definition) is 4. The average molecular weight is 285 g/mol. The van der Waals surface area contributed by atoms with Crippen molar-refractivity contribution in [3.8, 4) is 5.75 Å². The van der Waals surface area contributed by atoms with Crippen molar-refractivity contribution in [3.63, 3.8) is 0 Å². The number of benzene rings is 1. The topological polar surface area (TPSA) is 55.2 Å². The van der Waals surface area contributed by atoms with Crippen LogP contribution in [0.3, 0.4) is 0 Å². The molecule has 1 N–H and O–H groups in total. The number of aliphatic hydroxyl groups is 1. The summed E-state index contributed by atoms with van der Waals surface area (Å²) in [5.41, 5.74) is 1.01. The summed E-state index contributed by atoms with van der Waals surface area (Å²) in [6.07, 6.45) is 0.488. The maximum atomic E-state index is 10.1. The van der Waals surface area contributed by atoms with Crippen molar-refractivity contribution in [1.82, 2.24) is 9.97 Å². The molecule has 2 aromatic rings. The lowest BCUT2D eigenvalue weighted by Crippen LogP contribution is -2.03. The lowest BCUT2D eigenvalue weighted by molar-refractivity contribution is 0.214. The summed E-state index contributed by atoms with van der Waals surface area (Å²) in [4.78, 5) is 7.83. The second kappa shape index (κ2) is 5.52. The molecule has 0 saturated heterocycles. The van der Waals surface area contributed by atoms with E-state index < -0.39 is 6.10 Å². The third kappa shape index (κ3) is 2.72. The van der Waals surface area contributed by atoms with Crippen LogP contribution in [0.1, 0.15) is 17.4 Å². The van der Waals surface area contributed by atoms with Crippen molar-refractivity contribution in [2.45, 2.75) is 6.10 Å². The van der Waals surface area contributed by atoms with E-state index in [0.717, 1.165) is 0 Å². The van der Waals surface area contributed by atoms with Crippen molar-refractivity contribution in [3.05, 3.63) is 52.0 Å². The molecule has 0 amide bonds. The van der Waals surface area contributed by atoms with Crippen molar-refractivity contribution in [2.75, 3.05) is 7.11 Å². The van der Waals surface area contributed by atoms with E-state index in [1.165, 1.54) is 6.20 Å². The van der Waals surface area contributed by atoms with Gasteiger partial charge in [-0.3, -0.25) is 0 Å². The number of nitrogens with zero attached hydrogens (tertiary/aromatic N) is 2. The summed E-state index contributed by atoms with van der Waals surface area (Å²) >= 11 is 11.4. The SMILES string of the molecule is COc1ccc(C(O)c2cnc(Cl)c(Cl)n2)cc1. The fourth-order valence-corrected chi connectivity index (χ4v) is 1.69. The monoisotopic (exact) mass is 284 g/mol. The van der Waals surface area contributed by atoms with E-state index in [-0.39, 0.29) is 10.3 Å². The number of aliphatic hydroxyl groups excluding tert-OH is 1. The number of methoxy groups -OCH3 is 1. The molecule has 94 valence electrons. The van der Waals surface area contributed by atoms with Gasteiger partial charge in [0.1, 0.15) is 11.9 Å². The number of halogens is 2. The Morgan fingerprint density at radius 2 is 1.83 bits per heavy atom. The van der Waals surface area contributed by atoms with Crippen molar-refractivity contribution in [2.24, 2.45) is 0 Å². The van der Waals surface area contributed by atoms with Gasteiger partial charge < -0.3 is 9.84 Å². The van der Waals surface area contributed by atoms with Crippen LogP contribution >= 0.6 is 23.2 Å². The fraction of sp³-hybridized carbons (Fsp3) is 0.167. The quantitative estimate of drug-likeness (QED) is 0.942. The first kappa shape index (κ1) is 13.1. The van der Waals surface area contributed by atoms with Gasteiger partial charge in [-0.05, 0) is 17.7 Å². The smallest absolute Gasteiger partial charge is 0.166 e. The predicted molar refractivity (Wildman–Crippen MR) is 69.1 cm³/mol. The first-order chi connectivity index (χ1) is 8.61. The molecule has 0 aliphatic heterocycles. The molecule has 1 aromatic heterocycles. The van der Waals surface area contributed by atoms with Crippen LogP contribution in [0.25, 0.3) is 0 Å². The summed E-state index contributed by atoms with van der Waals surface area (Å²) in [6, 6.07) is 6.99. The van der Waals surface area contributed by atoms with Crippen LogP contribution in [0.15, 0.2) is 30.5 Å². The molecule has 1 heterocycles. The number of ether oxygens (including phenoxy) is 1. The van der Waals surface area contributed by atoms with Gasteiger partial charge in [-0.1, -0.05) is 35.3 Å². The minimum absolute atomic E-state index is 0.0710. The molecular weight excluding hydrogens is 275 g/mol. The summed E-state index contributed by atoms with van der Waals surface area (Å²) in [7, 11) is 1.58. The summed E-state index contributed by atoms with van der Waals surface area (Å²) in [5, 5.41) is 10.3.